The zero-order chi connectivity index (χ0) is 23.5. The van der Waals surface area contributed by atoms with Crippen LogP contribution in [0.2, 0.25) is 0 Å². The summed E-state index contributed by atoms with van der Waals surface area (Å²) >= 11 is 0. The second kappa shape index (κ2) is 12.5. The molecule has 0 saturated carbocycles. The maximum Gasteiger partial charge on any atom is 0.325 e. The highest BCUT2D eigenvalue weighted by Crippen LogP contribution is 2.23. The fraction of sp³-hybridized carbons (Fsp3) is 0.400. The van der Waals surface area contributed by atoms with Gasteiger partial charge in [-0.3, -0.25) is 14.4 Å². The van der Waals surface area contributed by atoms with E-state index in [9.17, 15) is 14.4 Å². The lowest BCUT2D eigenvalue weighted by Crippen LogP contribution is -2.40. The van der Waals surface area contributed by atoms with E-state index in [1.807, 2.05) is 82.3 Å². The van der Waals surface area contributed by atoms with Crippen LogP contribution >= 0.6 is 0 Å². The Morgan fingerprint density at radius 3 is 2.12 bits per heavy atom. The highest BCUT2D eigenvalue weighted by molar-refractivity contribution is 5.96. The molecule has 7 nitrogen and oxygen atoms in total. The fourth-order valence-corrected chi connectivity index (χ4v) is 3.07. The summed E-state index contributed by atoms with van der Waals surface area (Å²) in [5.41, 5.74) is 2.58. The van der Waals surface area contributed by atoms with Gasteiger partial charge in [0.15, 0.2) is 6.61 Å². The number of esters is 1. The summed E-state index contributed by atoms with van der Waals surface area (Å²) in [7, 11) is 0. The third kappa shape index (κ3) is 8.41. The van der Waals surface area contributed by atoms with Crippen LogP contribution in [0.1, 0.15) is 40.5 Å². The second-order valence-corrected chi connectivity index (χ2v) is 8.27. The SMILES string of the molecule is CC(C)CCC(=O)NCC(=O)OCC(=O)N(c1ccc(Nc2ccccc2)cc1)C(C)C. The van der Waals surface area contributed by atoms with Crippen LogP contribution in [0.5, 0.6) is 0 Å². The molecule has 0 fully saturated rings. The van der Waals surface area contributed by atoms with E-state index >= 15 is 0 Å². The van der Waals surface area contributed by atoms with Gasteiger partial charge in [0.25, 0.3) is 5.91 Å². The number of benzene rings is 2. The molecule has 0 aromatic heterocycles. The Labute approximate surface area is 190 Å². The van der Waals surface area contributed by atoms with Crippen molar-refractivity contribution in [1.29, 1.82) is 0 Å². The topological polar surface area (TPSA) is 87.7 Å². The van der Waals surface area contributed by atoms with Crippen molar-refractivity contribution in [2.24, 2.45) is 5.92 Å². The highest BCUT2D eigenvalue weighted by Gasteiger charge is 2.21. The van der Waals surface area contributed by atoms with Gasteiger partial charge in [0, 0.05) is 29.5 Å². The Kier molecular flexibility index (Phi) is 9.73. The Morgan fingerprint density at radius 2 is 1.53 bits per heavy atom. The van der Waals surface area contributed by atoms with Crippen LogP contribution in [0.3, 0.4) is 0 Å². The minimum absolute atomic E-state index is 0.120. The molecule has 0 spiro atoms. The number of para-hydroxylation sites is 1. The van der Waals surface area contributed by atoms with Crippen molar-refractivity contribution in [3.05, 3.63) is 54.6 Å². The first-order valence-corrected chi connectivity index (χ1v) is 10.9. The molecule has 0 saturated heterocycles. The van der Waals surface area contributed by atoms with E-state index in [0.29, 0.717) is 18.0 Å². The van der Waals surface area contributed by atoms with Gasteiger partial charge in [-0.2, -0.15) is 0 Å². The van der Waals surface area contributed by atoms with E-state index in [1.54, 1.807) is 4.90 Å². The Hall–Kier alpha value is -3.35. The lowest BCUT2D eigenvalue weighted by atomic mass is 10.1. The minimum Gasteiger partial charge on any atom is -0.454 e. The average Bonchev–Trinajstić information content (AvgIpc) is 2.76. The van der Waals surface area contributed by atoms with Gasteiger partial charge < -0.3 is 20.3 Å². The van der Waals surface area contributed by atoms with Gasteiger partial charge in [0.2, 0.25) is 5.91 Å². The van der Waals surface area contributed by atoms with Crippen molar-refractivity contribution in [3.8, 4) is 0 Å². The standard InChI is InChI=1S/C25H33N3O4/c1-18(2)10-15-23(29)26-16-25(31)32-17-24(30)28(19(3)4)22-13-11-21(12-14-22)27-20-8-6-5-7-9-20/h5-9,11-14,18-19,27H,10,15-17H2,1-4H3,(H,26,29). The number of nitrogens with zero attached hydrogens (tertiary/aromatic N) is 1. The first-order chi connectivity index (χ1) is 15.3. The summed E-state index contributed by atoms with van der Waals surface area (Å²) in [6, 6.07) is 17.2. The predicted octanol–water partition coefficient (Wildman–Crippen LogP) is 4.27. The Morgan fingerprint density at radius 1 is 0.906 bits per heavy atom. The molecule has 7 heteroatoms. The molecule has 0 bridgehead atoms. The monoisotopic (exact) mass is 439 g/mol. The second-order valence-electron chi connectivity index (χ2n) is 8.27. The third-order valence-corrected chi connectivity index (χ3v) is 4.73. The van der Waals surface area contributed by atoms with Crippen LogP contribution in [-0.4, -0.2) is 37.0 Å². The van der Waals surface area contributed by atoms with Crippen molar-refractivity contribution >= 4 is 34.8 Å². The number of carbonyl (C=O) groups is 3. The maximum absolute atomic E-state index is 12.7. The number of carbonyl (C=O) groups excluding carboxylic acids is 3. The van der Waals surface area contributed by atoms with E-state index in [2.05, 4.69) is 10.6 Å². The summed E-state index contributed by atoms with van der Waals surface area (Å²) in [4.78, 5) is 37.9. The highest BCUT2D eigenvalue weighted by atomic mass is 16.5. The molecule has 2 aromatic rings. The van der Waals surface area contributed by atoms with Crippen LogP contribution in [0.15, 0.2) is 54.6 Å². The summed E-state index contributed by atoms with van der Waals surface area (Å²) < 4.78 is 5.08. The molecule has 2 amide bonds. The molecule has 0 radical (unpaired) electrons. The molecule has 2 N–H and O–H groups in total. The van der Waals surface area contributed by atoms with Gasteiger partial charge in [-0.15, -0.1) is 0 Å². The molecule has 0 heterocycles. The van der Waals surface area contributed by atoms with Crippen molar-refractivity contribution in [2.75, 3.05) is 23.4 Å². The molecular weight excluding hydrogens is 406 g/mol. The third-order valence-electron chi connectivity index (χ3n) is 4.73. The lowest BCUT2D eigenvalue weighted by molar-refractivity contribution is -0.147. The van der Waals surface area contributed by atoms with Crippen molar-refractivity contribution < 1.29 is 19.1 Å². The molecule has 0 aliphatic heterocycles. The fourth-order valence-electron chi connectivity index (χ4n) is 3.07. The zero-order valence-corrected chi connectivity index (χ0v) is 19.3. The quantitative estimate of drug-likeness (QED) is 0.511. The summed E-state index contributed by atoms with van der Waals surface area (Å²) in [5, 5.41) is 5.83. The number of hydrogen-bond donors (Lipinski definition) is 2. The van der Waals surface area contributed by atoms with Gasteiger partial charge >= 0.3 is 5.97 Å². The molecule has 32 heavy (non-hydrogen) atoms. The van der Waals surface area contributed by atoms with Gasteiger partial charge in [-0.1, -0.05) is 32.0 Å². The number of nitrogens with one attached hydrogen (secondary N) is 2. The molecule has 2 rings (SSSR count). The number of rotatable bonds is 11. The van der Waals surface area contributed by atoms with Crippen molar-refractivity contribution in [1.82, 2.24) is 5.32 Å². The van der Waals surface area contributed by atoms with E-state index in [0.717, 1.165) is 17.8 Å². The molecule has 0 aliphatic rings. The van der Waals surface area contributed by atoms with Gasteiger partial charge in [0.05, 0.1) is 0 Å². The van der Waals surface area contributed by atoms with Gasteiger partial charge in [-0.25, -0.2) is 0 Å². The summed E-state index contributed by atoms with van der Waals surface area (Å²) in [5.74, 6) is -0.754. The first-order valence-electron chi connectivity index (χ1n) is 10.9. The number of amides is 2. The van der Waals surface area contributed by atoms with Crippen LogP contribution in [0.25, 0.3) is 0 Å². The smallest absolute Gasteiger partial charge is 0.325 e. The largest absolute Gasteiger partial charge is 0.454 e. The molecule has 0 aliphatic carbocycles. The number of ether oxygens (including phenoxy) is 1. The molecular formula is C25H33N3O4. The minimum atomic E-state index is -0.637. The normalized spacial score (nSPS) is 10.7. The van der Waals surface area contributed by atoms with E-state index in [1.165, 1.54) is 0 Å². The van der Waals surface area contributed by atoms with Crippen molar-refractivity contribution in [3.63, 3.8) is 0 Å². The van der Waals surface area contributed by atoms with Crippen LogP contribution in [0.4, 0.5) is 17.1 Å². The number of hydrogen-bond acceptors (Lipinski definition) is 5. The first kappa shape index (κ1) is 24.9. The maximum atomic E-state index is 12.7. The number of anilines is 3. The Balaban J connectivity index is 1.88. The van der Waals surface area contributed by atoms with Crippen LogP contribution in [-0.2, 0) is 19.1 Å². The van der Waals surface area contributed by atoms with E-state index in [-0.39, 0.29) is 31.0 Å². The summed E-state index contributed by atoms with van der Waals surface area (Å²) in [6.45, 7) is 7.21. The molecule has 2 aromatic carbocycles. The molecule has 0 atom stereocenters. The van der Waals surface area contributed by atoms with Gasteiger partial charge in [-0.05, 0) is 62.6 Å². The average molecular weight is 440 g/mol. The Bertz CT molecular complexity index is 880. The lowest BCUT2D eigenvalue weighted by Gasteiger charge is -2.27. The van der Waals surface area contributed by atoms with Crippen LogP contribution < -0.4 is 15.5 Å². The predicted molar refractivity (Wildman–Crippen MR) is 127 cm³/mol. The van der Waals surface area contributed by atoms with E-state index in [4.69, 9.17) is 4.74 Å². The van der Waals surface area contributed by atoms with Crippen LogP contribution in [0, 0.1) is 5.92 Å². The summed E-state index contributed by atoms with van der Waals surface area (Å²) in [6.07, 6.45) is 1.11. The molecule has 0 unspecified atom stereocenters. The van der Waals surface area contributed by atoms with Gasteiger partial charge in [0.1, 0.15) is 6.54 Å². The zero-order valence-electron chi connectivity index (χ0n) is 19.3. The van der Waals surface area contributed by atoms with Crippen molar-refractivity contribution in [2.45, 2.75) is 46.6 Å². The van der Waals surface area contributed by atoms with E-state index < -0.39 is 5.97 Å². The molecule has 172 valence electrons.